The highest BCUT2D eigenvalue weighted by molar-refractivity contribution is 7.18. The Hall–Kier alpha value is 0.310. The number of rotatable bonds is 14. The van der Waals surface area contributed by atoms with E-state index in [9.17, 15) is 0 Å². The molecule has 0 saturated carbocycles. The molecule has 0 fully saturated rings. The zero-order valence-corrected chi connectivity index (χ0v) is 17.8. The van der Waals surface area contributed by atoms with Crippen LogP contribution in [0.15, 0.2) is 0 Å². The molecule has 3 nitrogen and oxygen atoms in total. The summed E-state index contributed by atoms with van der Waals surface area (Å²) in [4.78, 5) is 0. The molecule has 0 spiro atoms. The molecule has 0 aliphatic rings. The predicted octanol–water partition coefficient (Wildman–Crippen LogP) is 5.42. The molecule has 0 aromatic heterocycles. The highest BCUT2D eigenvalue weighted by Crippen LogP contribution is 2.38. The Bertz CT molecular complexity index is 301. The first kappa shape index (κ1) is 23.3. The summed E-state index contributed by atoms with van der Waals surface area (Å²) >= 11 is 0. The third-order valence-electron chi connectivity index (χ3n) is 5.05. The lowest BCUT2D eigenvalue weighted by atomic mass is 9.77. The smallest absolute Gasteiger partial charge is 0.0808 e. The van der Waals surface area contributed by atoms with Gasteiger partial charge in [-0.05, 0) is 46.0 Å². The molecular formula is C19H41O3P. The van der Waals surface area contributed by atoms with Gasteiger partial charge in [-0.3, -0.25) is 0 Å². The van der Waals surface area contributed by atoms with E-state index in [1.165, 1.54) is 0 Å². The number of ether oxygens (including phenoxy) is 3. The third-order valence-corrected chi connectivity index (χ3v) is 6.03. The Labute approximate surface area is 147 Å². The largest absolute Gasteiger partial charge is 0.381 e. The van der Waals surface area contributed by atoms with Crippen molar-refractivity contribution in [3.8, 4) is 0 Å². The van der Waals surface area contributed by atoms with Crippen molar-refractivity contribution in [2.75, 3.05) is 26.4 Å². The van der Waals surface area contributed by atoms with Gasteiger partial charge in [0.05, 0.1) is 24.2 Å². The van der Waals surface area contributed by atoms with Crippen molar-refractivity contribution >= 4 is 9.24 Å². The summed E-state index contributed by atoms with van der Waals surface area (Å²) in [7, 11) is 2.90. The van der Waals surface area contributed by atoms with E-state index in [2.05, 4.69) is 57.7 Å². The van der Waals surface area contributed by atoms with Gasteiger partial charge in [-0.1, -0.05) is 34.6 Å². The molecule has 0 amide bonds. The maximum absolute atomic E-state index is 6.33. The predicted molar refractivity (Wildman–Crippen MR) is 103 cm³/mol. The van der Waals surface area contributed by atoms with Crippen LogP contribution in [-0.4, -0.2) is 37.4 Å². The first-order chi connectivity index (χ1) is 10.8. The molecule has 0 N–H and O–H groups in total. The van der Waals surface area contributed by atoms with Crippen molar-refractivity contribution in [3.05, 3.63) is 0 Å². The van der Waals surface area contributed by atoms with E-state index in [4.69, 9.17) is 14.2 Å². The Balaban J connectivity index is 5.14. The molecule has 4 heteroatoms. The SMILES string of the molecule is CCOCC(C)(COC(P)(CC)CC)CC(CC)(CC)OCC. The highest BCUT2D eigenvalue weighted by Gasteiger charge is 2.39. The second kappa shape index (κ2) is 11.0. The third kappa shape index (κ3) is 7.82. The van der Waals surface area contributed by atoms with Gasteiger partial charge >= 0.3 is 0 Å². The van der Waals surface area contributed by atoms with Crippen LogP contribution < -0.4 is 0 Å². The van der Waals surface area contributed by atoms with Crippen LogP contribution in [0, 0.1) is 5.41 Å². The van der Waals surface area contributed by atoms with Gasteiger partial charge in [-0.15, -0.1) is 9.24 Å². The monoisotopic (exact) mass is 348 g/mol. The van der Waals surface area contributed by atoms with Gasteiger partial charge in [0.15, 0.2) is 0 Å². The van der Waals surface area contributed by atoms with Gasteiger partial charge < -0.3 is 14.2 Å². The van der Waals surface area contributed by atoms with E-state index in [1.807, 2.05) is 0 Å². The van der Waals surface area contributed by atoms with Gasteiger partial charge in [0.25, 0.3) is 0 Å². The van der Waals surface area contributed by atoms with E-state index in [-0.39, 0.29) is 16.4 Å². The molecule has 0 aliphatic carbocycles. The van der Waals surface area contributed by atoms with E-state index in [0.717, 1.165) is 45.3 Å². The van der Waals surface area contributed by atoms with Crippen molar-refractivity contribution in [1.29, 1.82) is 0 Å². The van der Waals surface area contributed by atoms with Gasteiger partial charge in [-0.2, -0.15) is 0 Å². The Morgan fingerprint density at radius 2 is 1.30 bits per heavy atom. The molecule has 0 bridgehead atoms. The van der Waals surface area contributed by atoms with Crippen LogP contribution in [0.4, 0.5) is 0 Å². The molecule has 0 heterocycles. The molecule has 0 radical (unpaired) electrons. The van der Waals surface area contributed by atoms with Gasteiger partial charge in [0.1, 0.15) is 0 Å². The second-order valence-electron chi connectivity index (χ2n) is 7.01. The first-order valence-corrected chi connectivity index (χ1v) is 10.0. The van der Waals surface area contributed by atoms with Crippen LogP contribution in [0.3, 0.4) is 0 Å². The Morgan fingerprint density at radius 3 is 1.70 bits per heavy atom. The zero-order valence-electron chi connectivity index (χ0n) is 16.7. The first-order valence-electron chi connectivity index (χ1n) is 9.42. The lowest BCUT2D eigenvalue weighted by molar-refractivity contribution is -0.119. The normalized spacial score (nSPS) is 15.7. The Kier molecular flexibility index (Phi) is 11.2. The van der Waals surface area contributed by atoms with E-state index in [1.54, 1.807) is 0 Å². The van der Waals surface area contributed by atoms with Crippen LogP contribution in [0.1, 0.15) is 80.6 Å². The van der Waals surface area contributed by atoms with Crippen LogP contribution in [0.5, 0.6) is 0 Å². The maximum atomic E-state index is 6.33. The summed E-state index contributed by atoms with van der Waals surface area (Å²) < 4.78 is 18.3. The van der Waals surface area contributed by atoms with Crippen LogP contribution in [0.2, 0.25) is 0 Å². The molecule has 2 atom stereocenters. The molecule has 140 valence electrons. The molecule has 0 aromatic carbocycles. The number of hydrogen-bond acceptors (Lipinski definition) is 3. The van der Waals surface area contributed by atoms with Crippen molar-refractivity contribution < 1.29 is 14.2 Å². The minimum atomic E-state index is -0.125. The van der Waals surface area contributed by atoms with Crippen LogP contribution in [-0.2, 0) is 14.2 Å². The van der Waals surface area contributed by atoms with Crippen molar-refractivity contribution in [2.24, 2.45) is 5.41 Å². The highest BCUT2D eigenvalue weighted by atomic mass is 31.0. The maximum Gasteiger partial charge on any atom is 0.0808 e. The van der Waals surface area contributed by atoms with Gasteiger partial charge in [0.2, 0.25) is 0 Å². The molecule has 2 unspecified atom stereocenters. The molecule has 0 rings (SSSR count). The fourth-order valence-corrected chi connectivity index (χ4v) is 3.19. The topological polar surface area (TPSA) is 27.7 Å². The lowest BCUT2D eigenvalue weighted by Crippen LogP contribution is -2.43. The Morgan fingerprint density at radius 1 is 0.739 bits per heavy atom. The lowest BCUT2D eigenvalue weighted by Gasteiger charge is -2.42. The van der Waals surface area contributed by atoms with Gasteiger partial charge in [-0.25, -0.2) is 0 Å². The summed E-state index contributed by atoms with van der Waals surface area (Å²) in [5.74, 6) is 0. The van der Waals surface area contributed by atoms with E-state index in [0.29, 0.717) is 13.2 Å². The standard InChI is InChI=1S/C19H41O3P/c1-8-18(9-2,21-13-6)14-17(7,15-20-12-5)16-22-19(23,10-3)11-4/h8-16,23H2,1-7H3. The van der Waals surface area contributed by atoms with E-state index >= 15 is 0 Å². The zero-order chi connectivity index (χ0) is 18.0. The average Bonchev–Trinajstić information content (AvgIpc) is 2.57. The summed E-state index contributed by atoms with van der Waals surface area (Å²) in [5, 5.41) is -0.125. The quantitative estimate of drug-likeness (QED) is 0.392. The molecule has 23 heavy (non-hydrogen) atoms. The van der Waals surface area contributed by atoms with Crippen molar-refractivity contribution in [1.82, 2.24) is 0 Å². The van der Waals surface area contributed by atoms with Gasteiger partial charge in [0, 0.05) is 18.6 Å². The molecule has 0 aromatic rings. The summed E-state index contributed by atoms with van der Waals surface area (Å²) in [6, 6.07) is 0. The van der Waals surface area contributed by atoms with Crippen molar-refractivity contribution in [2.45, 2.75) is 91.5 Å². The summed E-state index contributed by atoms with van der Waals surface area (Å²) in [6.07, 6.45) is 5.00. The minimum absolute atomic E-state index is 0.0383. The minimum Gasteiger partial charge on any atom is -0.381 e. The molecule has 0 aliphatic heterocycles. The average molecular weight is 349 g/mol. The van der Waals surface area contributed by atoms with Crippen molar-refractivity contribution in [3.63, 3.8) is 0 Å². The fourth-order valence-electron chi connectivity index (χ4n) is 3.10. The summed E-state index contributed by atoms with van der Waals surface area (Å²) in [5.41, 5.74) is -0.116. The van der Waals surface area contributed by atoms with E-state index < -0.39 is 0 Å². The van der Waals surface area contributed by atoms with Crippen LogP contribution in [0.25, 0.3) is 0 Å². The second-order valence-corrected chi connectivity index (χ2v) is 8.06. The summed E-state index contributed by atoms with van der Waals surface area (Å²) in [6.45, 7) is 18.1. The van der Waals surface area contributed by atoms with Crippen LogP contribution >= 0.6 is 9.24 Å². The fraction of sp³-hybridized carbons (Fsp3) is 1.00. The molecular weight excluding hydrogens is 307 g/mol. The number of hydrogen-bond donors (Lipinski definition) is 0. The molecule has 0 saturated heterocycles.